The number of ether oxygens (including phenoxy) is 2. The summed E-state index contributed by atoms with van der Waals surface area (Å²) in [7, 11) is 1.08. The minimum absolute atomic E-state index is 0.259. The molecule has 3 nitrogen and oxygen atoms in total. The Kier molecular flexibility index (Phi) is 3.41. The Balaban J connectivity index is 3.13. The molecule has 1 aromatic rings. The van der Waals surface area contributed by atoms with Gasteiger partial charge in [-0.25, -0.2) is 4.79 Å². The van der Waals surface area contributed by atoms with Crippen molar-refractivity contribution in [1.82, 2.24) is 0 Å². The number of hydrogen-bond donors (Lipinski definition) is 0. The lowest BCUT2D eigenvalue weighted by Crippen LogP contribution is -2.19. The van der Waals surface area contributed by atoms with E-state index in [1.165, 1.54) is 12.1 Å². The van der Waals surface area contributed by atoms with Crippen molar-refractivity contribution in [2.75, 3.05) is 7.11 Å². The molecule has 16 heavy (non-hydrogen) atoms. The van der Waals surface area contributed by atoms with Crippen molar-refractivity contribution >= 4 is 5.97 Å². The molecule has 0 heterocycles. The SMILES string of the molecule is COC(=O)c1ccc(C)cc1OC(F)(F)F. The molecule has 0 radical (unpaired) electrons. The third-order valence-corrected chi connectivity index (χ3v) is 1.77. The number of carbonyl (C=O) groups excluding carboxylic acids is 1. The van der Waals surface area contributed by atoms with Crippen molar-refractivity contribution in [2.24, 2.45) is 0 Å². The molecule has 0 atom stereocenters. The highest BCUT2D eigenvalue weighted by molar-refractivity contribution is 5.92. The molecule has 0 aliphatic heterocycles. The monoisotopic (exact) mass is 234 g/mol. The van der Waals surface area contributed by atoms with E-state index >= 15 is 0 Å². The lowest BCUT2D eigenvalue weighted by atomic mass is 10.1. The molecule has 6 heteroatoms. The first-order valence-electron chi connectivity index (χ1n) is 4.28. The fourth-order valence-corrected chi connectivity index (χ4v) is 1.12. The summed E-state index contributed by atoms with van der Waals surface area (Å²) in [6.07, 6.45) is -4.84. The van der Waals surface area contributed by atoms with Crippen LogP contribution >= 0.6 is 0 Å². The van der Waals surface area contributed by atoms with E-state index < -0.39 is 18.1 Å². The highest BCUT2D eigenvalue weighted by Crippen LogP contribution is 2.27. The maximum atomic E-state index is 12.0. The van der Waals surface area contributed by atoms with Gasteiger partial charge in [0, 0.05) is 0 Å². The van der Waals surface area contributed by atoms with Gasteiger partial charge in [-0.3, -0.25) is 0 Å². The molecule has 0 bridgehead atoms. The lowest BCUT2D eigenvalue weighted by molar-refractivity contribution is -0.274. The van der Waals surface area contributed by atoms with Crippen molar-refractivity contribution < 1.29 is 27.4 Å². The van der Waals surface area contributed by atoms with E-state index in [0.717, 1.165) is 13.2 Å². The molecular formula is C10H9F3O3. The van der Waals surface area contributed by atoms with E-state index in [-0.39, 0.29) is 5.56 Å². The quantitative estimate of drug-likeness (QED) is 0.738. The second-order valence-electron chi connectivity index (χ2n) is 3.04. The number of carbonyl (C=O) groups is 1. The van der Waals surface area contributed by atoms with Gasteiger partial charge in [-0.2, -0.15) is 0 Å². The van der Waals surface area contributed by atoms with Gasteiger partial charge in [-0.05, 0) is 24.6 Å². The average molecular weight is 234 g/mol. The summed E-state index contributed by atoms with van der Waals surface area (Å²) in [6, 6.07) is 3.84. The molecule has 0 aliphatic rings. The zero-order valence-electron chi connectivity index (χ0n) is 8.59. The minimum Gasteiger partial charge on any atom is -0.465 e. The van der Waals surface area contributed by atoms with Gasteiger partial charge in [0.25, 0.3) is 0 Å². The van der Waals surface area contributed by atoms with Crippen LogP contribution in [-0.4, -0.2) is 19.4 Å². The van der Waals surface area contributed by atoms with E-state index in [1.54, 1.807) is 6.92 Å². The first-order valence-corrected chi connectivity index (χ1v) is 4.28. The van der Waals surface area contributed by atoms with E-state index in [0.29, 0.717) is 5.56 Å². The minimum atomic E-state index is -4.84. The van der Waals surface area contributed by atoms with Gasteiger partial charge in [0.15, 0.2) is 0 Å². The molecule has 0 fully saturated rings. The molecule has 0 spiro atoms. The van der Waals surface area contributed by atoms with Crippen LogP contribution in [0.5, 0.6) is 5.75 Å². The Morgan fingerprint density at radius 1 is 1.31 bits per heavy atom. The summed E-state index contributed by atoms with van der Waals surface area (Å²) in [4.78, 5) is 11.2. The van der Waals surface area contributed by atoms with Crippen molar-refractivity contribution in [2.45, 2.75) is 13.3 Å². The Labute approximate surface area is 89.8 Å². The molecule has 0 saturated heterocycles. The van der Waals surface area contributed by atoms with Gasteiger partial charge in [-0.1, -0.05) is 6.07 Å². The van der Waals surface area contributed by atoms with Gasteiger partial charge < -0.3 is 9.47 Å². The zero-order valence-corrected chi connectivity index (χ0v) is 8.59. The molecular weight excluding hydrogens is 225 g/mol. The normalized spacial score (nSPS) is 11.1. The molecule has 0 aromatic heterocycles. The zero-order chi connectivity index (χ0) is 12.3. The van der Waals surface area contributed by atoms with E-state index in [1.807, 2.05) is 0 Å². The van der Waals surface area contributed by atoms with Crippen molar-refractivity contribution in [3.05, 3.63) is 29.3 Å². The molecule has 0 unspecified atom stereocenters. The van der Waals surface area contributed by atoms with Crippen molar-refractivity contribution in [1.29, 1.82) is 0 Å². The van der Waals surface area contributed by atoms with Crippen LogP contribution in [0.4, 0.5) is 13.2 Å². The van der Waals surface area contributed by atoms with E-state index in [2.05, 4.69) is 9.47 Å². The molecule has 0 saturated carbocycles. The summed E-state index contributed by atoms with van der Waals surface area (Å²) in [6.45, 7) is 1.59. The van der Waals surface area contributed by atoms with Crippen molar-refractivity contribution in [3.8, 4) is 5.75 Å². The Morgan fingerprint density at radius 3 is 2.44 bits per heavy atom. The summed E-state index contributed by atoms with van der Waals surface area (Å²) in [5, 5.41) is 0. The lowest BCUT2D eigenvalue weighted by Gasteiger charge is -2.12. The second kappa shape index (κ2) is 4.42. The standard InChI is InChI=1S/C10H9F3O3/c1-6-3-4-7(9(14)15-2)8(5-6)16-10(11,12)13/h3-5H,1-2H3. The summed E-state index contributed by atoms with van der Waals surface area (Å²) in [5.74, 6) is -1.43. The first-order chi connectivity index (χ1) is 7.33. The number of halogens is 3. The molecule has 1 rings (SSSR count). The molecule has 0 aliphatic carbocycles. The van der Waals surface area contributed by atoms with Crippen LogP contribution in [0.1, 0.15) is 15.9 Å². The fraction of sp³-hybridized carbons (Fsp3) is 0.300. The van der Waals surface area contributed by atoms with Crippen LogP contribution < -0.4 is 4.74 Å². The van der Waals surface area contributed by atoms with E-state index in [4.69, 9.17) is 0 Å². The predicted octanol–water partition coefficient (Wildman–Crippen LogP) is 2.68. The average Bonchev–Trinajstić information content (AvgIpc) is 2.14. The van der Waals surface area contributed by atoms with E-state index in [9.17, 15) is 18.0 Å². The third-order valence-electron chi connectivity index (χ3n) is 1.77. The third kappa shape index (κ3) is 3.15. The summed E-state index contributed by atoms with van der Waals surface area (Å²) < 4.78 is 44.2. The van der Waals surface area contributed by atoms with Gasteiger partial charge in [-0.15, -0.1) is 13.2 Å². The number of methoxy groups -OCH3 is 1. The topological polar surface area (TPSA) is 35.5 Å². The predicted molar refractivity (Wildman–Crippen MR) is 49.2 cm³/mol. The largest absolute Gasteiger partial charge is 0.573 e. The molecule has 0 N–H and O–H groups in total. The van der Waals surface area contributed by atoms with Crippen LogP contribution in [0.3, 0.4) is 0 Å². The molecule has 0 amide bonds. The highest BCUT2D eigenvalue weighted by atomic mass is 19.4. The Hall–Kier alpha value is -1.72. The first kappa shape index (κ1) is 12.4. The number of hydrogen-bond acceptors (Lipinski definition) is 3. The molecule has 88 valence electrons. The highest BCUT2D eigenvalue weighted by Gasteiger charge is 2.33. The Morgan fingerprint density at radius 2 is 1.94 bits per heavy atom. The number of rotatable bonds is 2. The van der Waals surface area contributed by atoms with Gasteiger partial charge in [0.05, 0.1) is 7.11 Å². The maximum absolute atomic E-state index is 12.0. The van der Waals surface area contributed by atoms with Gasteiger partial charge in [0.1, 0.15) is 11.3 Å². The van der Waals surface area contributed by atoms with Crippen LogP contribution in [0, 0.1) is 6.92 Å². The smallest absolute Gasteiger partial charge is 0.465 e. The van der Waals surface area contributed by atoms with Crippen LogP contribution in [0.15, 0.2) is 18.2 Å². The molecule has 1 aromatic carbocycles. The maximum Gasteiger partial charge on any atom is 0.573 e. The van der Waals surface area contributed by atoms with Crippen LogP contribution in [-0.2, 0) is 4.74 Å². The van der Waals surface area contributed by atoms with Gasteiger partial charge in [0.2, 0.25) is 0 Å². The Bertz CT molecular complexity index is 399. The van der Waals surface area contributed by atoms with Crippen molar-refractivity contribution in [3.63, 3.8) is 0 Å². The number of aryl methyl sites for hydroxylation is 1. The second-order valence-corrected chi connectivity index (χ2v) is 3.04. The number of benzene rings is 1. The van der Waals surface area contributed by atoms with Crippen LogP contribution in [0.2, 0.25) is 0 Å². The number of esters is 1. The summed E-state index contributed by atoms with van der Waals surface area (Å²) >= 11 is 0. The van der Waals surface area contributed by atoms with Crippen LogP contribution in [0.25, 0.3) is 0 Å². The van der Waals surface area contributed by atoms with Gasteiger partial charge >= 0.3 is 12.3 Å². The fourth-order valence-electron chi connectivity index (χ4n) is 1.12. The number of alkyl halides is 3. The summed E-state index contributed by atoms with van der Waals surface area (Å²) in [5.41, 5.74) is 0.289.